The summed E-state index contributed by atoms with van der Waals surface area (Å²) in [5.41, 5.74) is -1.05. The van der Waals surface area contributed by atoms with Crippen LogP contribution in [0.3, 0.4) is 0 Å². The minimum atomic E-state index is -1.05. The molecule has 0 aromatic carbocycles. The predicted octanol–water partition coefficient (Wildman–Crippen LogP) is 1.25. The zero-order valence-electron chi connectivity index (χ0n) is 13.3. The van der Waals surface area contributed by atoms with Crippen molar-refractivity contribution in [1.82, 2.24) is 10.2 Å². The fourth-order valence-corrected chi connectivity index (χ4v) is 2.48. The van der Waals surface area contributed by atoms with Gasteiger partial charge in [-0.3, -0.25) is 14.4 Å². The van der Waals surface area contributed by atoms with Crippen LogP contribution in [0.2, 0.25) is 0 Å². The highest BCUT2D eigenvalue weighted by atomic mass is 16.4. The van der Waals surface area contributed by atoms with Crippen LogP contribution < -0.4 is 5.32 Å². The number of hydrogen-bond acceptors (Lipinski definition) is 3. The number of aliphatic carboxylic acids is 1. The van der Waals surface area contributed by atoms with Crippen LogP contribution in [-0.4, -0.2) is 46.9 Å². The predicted molar refractivity (Wildman–Crippen MR) is 78.6 cm³/mol. The summed E-state index contributed by atoms with van der Waals surface area (Å²) in [7, 11) is 0. The summed E-state index contributed by atoms with van der Waals surface area (Å²) < 4.78 is 0. The minimum absolute atomic E-state index is 0.0209. The summed E-state index contributed by atoms with van der Waals surface area (Å²) in [6.07, 6.45) is 1.42. The molecule has 21 heavy (non-hydrogen) atoms. The fraction of sp³-hybridized carbons (Fsp3) is 0.800. The zero-order chi connectivity index (χ0) is 16.2. The van der Waals surface area contributed by atoms with Crippen molar-refractivity contribution in [3.05, 3.63) is 0 Å². The minimum Gasteiger partial charge on any atom is -0.481 e. The molecular weight excluding hydrogens is 272 g/mol. The molecule has 0 aliphatic carbocycles. The van der Waals surface area contributed by atoms with Crippen molar-refractivity contribution < 1.29 is 19.5 Å². The van der Waals surface area contributed by atoms with Crippen LogP contribution in [0.15, 0.2) is 0 Å². The highest BCUT2D eigenvalue weighted by Crippen LogP contribution is 2.31. The quantitative estimate of drug-likeness (QED) is 0.799. The Hall–Kier alpha value is -1.59. The molecule has 1 fully saturated rings. The Kier molecular flexibility index (Phi) is 5.75. The lowest BCUT2D eigenvalue weighted by molar-refractivity contribution is -0.153. The van der Waals surface area contributed by atoms with Gasteiger partial charge in [-0.1, -0.05) is 13.8 Å². The second-order valence-electron chi connectivity index (χ2n) is 6.40. The van der Waals surface area contributed by atoms with Crippen molar-refractivity contribution in [1.29, 1.82) is 0 Å². The summed E-state index contributed by atoms with van der Waals surface area (Å²) in [6.45, 7) is 8.05. The second-order valence-corrected chi connectivity index (χ2v) is 6.40. The van der Waals surface area contributed by atoms with Gasteiger partial charge in [0.25, 0.3) is 0 Å². The fourth-order valence-electron chi connectivity index (χ4n) is 2.48. The van der Waals surface area contributed by atoms with E-state index >= 15 is 0 Å². The van der Waals surface area contributed by atoms with Gasteiger partial charge in [0, 0.05) is 32.5 Å². The maximum atomic E-state index is 12.1. The Labute approximate surface area is 125 Å². The molecule has 1 aliphatic heterocycles. The van der Waals surface area contributed by atoms with Crippen LogP contribution in [0, 0.1) is 11.3 Å². The van der Waals surface area contributed by atoms with Gasteiger partial charge in [-0.2, -0.15) is 0 Å². The summed E-state index contributed by atoms with van der Waals surface area (Å²) in [5, 5.41) is 12.2. The number of nitrogens with one attached hydrogen (secondary N) is 1. The van der Waals surface area contributed by atoms with Crippen molar-refractivity contribution in [2.75, 3.05) is 13.1 Å². The molecule has 1 saturated heterocycles. The number of likely N-dealkylation sites (tertiary alicyclic amines) is 1. The first kappa shape index (κ1) is 17.5. The molecule has 0 bridgehead atoms. The van der Waals surface area contributed by atoms with Crippen molar-refractivity contribution in [2.45, 2.75) is 53.0 Å². The number of carboxylic acids is 1. The number of amides is 2. The largest absolute Gasteiger partial charge is 0.481 e. The Bertz CT molecular complexity index is 414. The van der Waals surface area contributed by atoms with Crippen LogP contribution in [-0.2, 0) is 14.4 Å². The number of piperidine rings is 1. The average molecular weight is 298 g/mol. The third-order valence-electron chi connectivity index (χ3n) is 4.60. The second kappa shape index (κ2) is 6.91. The summed E-state index contributed by atoms with van der Waals surface area (Å²) in [6, 6.07) is 0.0262. The number of carboxylic acid groups (broad SMARTS) is 1. The number of rotatable bonds is 5. The molecule has 6 nitrogen and oxygen atoms in total. The Morgan fingerprint density at radius 3 is 2.19 bits per heavy atom. The van der Waals surface area contributed by atoms with Gasteiger partial charge in [-0.15, -0.1) is 0 Å². The molecule has 0 aromatic heterocycles. The average Bonchev–Trinajstić information content (AvgIpc) is 2.38. The van der Waals surface area contributed by atoms with Crippen molar-refractivity contribution in [3.8, 4) is 0 Å². The van der Waals surface area contributed by atoms with E-state index in [4.69, 9.17) is 0 Å². The molecule has 6 heteroatoms. The molecule has 120 valence electrons. The highest BCUT2D eigenvalue weighted by molar-refractivity contribution is 5.85. The van der Waals surface area contributed by atoms with Crippen LogP contribution in [0.1, 0.15) is 47.0 Å². The van der Waals surface area contributed by atoms with Crippen LogP contribution in [0.25, 0.3) is 0 Å². The zero-order valence-corrected chi connectivity index (χ0v) is 13.3. The molecular formula is C15H26N2O4. The van der Waals surface area contributed by atoms with E-state index in [9.17, 15) is 19.5 Å². The topological polar surface area (TPSA) is 86.7 Å². The molecule has 1 atom stereocenters. The van der Waals surface area contributed by atoms with Crippen molar-refractivity contribution in [2.24, 2.45) is 11.3 Å². The number of carbonyl (C=O) groups is 3. The van der Waals surface area contributed by atoms with Gasteiger partial charge in [-0.05, 0) is 25.7 Å². The van der Waals surface area contributed by atoms with E-state index in [1.54, 1.807) is 18.7 Å². The molecule has 2 amide bonds. The van der Waals surface area contributed by atoms with Gasteiger partial charge >= 0.3 is 5.97 Å². The number of carbonyl (C=O) groups excluding carboxylic acids is 2. The third-order valence-corrected chi connectivity index (χ3v) is 4.60. The normalized spacial score (nSPS) is 19.2. The summed E-state index contributed by atoms with van der Waals surface area (Å²) in [5.74, 6) is -1.24. The van der Waals surface area contributed by atoms with Gasteiger partial charge in [0.15, 0.2) is 0 Å². The Balaban J connectivity index is 2.51. The van der Waals surface area contributed by atoms with Gasteiger partial charge in [0.1, 0.15) is 0 Å². The first-order valence-electron chi connectivity index (χ1n) is 7.45. The van der Waals surface area contributed by atoms with Crippen LogP contribution in [0.5, 0.6) is 0 Å². The molecule has 2 N–H and O–H groups in total. The van der Waals surface area contributed by atoms with Crippen LogP contribution in [0.4, 0.5) is 0 Å². The van der Waals surface area contributed by atoms with E-state index in [-0.39, 0.29) is 30.2 Å². The molecule has 1 aliphatic rings. The number of hydrogen-bond donors (Lipinski definition) is 2. The summed E-state index contributed by atoms with van der Waals surface area (Å²) in [4.78, 5) is 36.5. The monoisotopic (exact) mass is 298 g/mol. The molecule has 1 unspecified atom stereocenters. The Morgan fingerprint density at radius 1 is 1.29 bits per heavy atom. The lowest BCUT2D eigenvalue weighted by Crippen LogP contribution is -2.47. The molecule has 0 spiro atoms. The van der Waals surface area contributed by atoms with Gasteiger partial charge in [0.2, 0.25) is 11.8 Å². The lowest BCUT2D eigenvalue weighted by atomic mass is 9.76. The molecule has 0 radical (unpaired) electrons. The first-order valence-corrected chi connectivity index (χ1v) is 7.45. The SMILES string of the molecule is CC(=O)N1CCC(NC(=O)CC(C)(C(=O)O)C(C)C)CC1. The molecule has 0 aromatic rings. The van der Waals surface area contributed by atoms with E-state index in [0.717, 1.165) is 12.8 Å². The molecule has 1 rings (SSSR count). The van der Waals surface area contributed by atoms with Gasteiger partial charge in [-0.25, -0.2) is 0 Å². The highest BCUT2D eigenvalue weighted by Gasteiger charge is 2.39. The number of nitrogens with zero attached hydrogens (tertiary/aromatic N) is 1. The standard InChI is InChI=1S/C15H26N2O4/c1-10(2)15(4,14(20)21)9-13(19)16-12-5-7-17(8-6-12)11(3)18/h10,12H,5-9H2,1-4H3,(H,16,19)(H,20,21). The van der Waals surface area contributed by atoms with E-state index in [0.29, 0.717) is 13.1 Å². The maximum absolute atomic E-state index is 12.1. The van der Waals surface area contributed by atoms with Gasteiger partial charge in [0.05, 0.1) is 5.41 Å². The Morgan fingerprint density at radius 2 is 1.81 bits per heavy atom. The van der Waals surface area contributed by atoms with E-state index < -0.39 is 11.4 Å². The first-order chi connectivity index (χ1) is 9.66. The van der Waals surface area contributed by atoms with Crippen LogP contribution >= 0.6 is 0 Å². The van der Waals surface area contributed by atoms with Crippen molar-refractivity contribution >= 4 is 17.8 Å². The molecule has 1 heterocycles. The molecule has 0 saturated carbocycles. The van der Waals surface area contributed by atoms with E-state index in [2.05, 4.69) is 5.32 Å². The third kappa shape index (κ3) is 4.44. The van der Waals surface area contributed by atoms with E-state index in [1.807, 2.05) is 13.8 Å². The lowest BCUT2D eigenvalue weighted by Gasteiger charge is -2.33. The smallest absolute Gasteiger partial charge is 0.310 e. The summed E-state index contributed by atoms with van der Waals surface area (Å²) >= 11 is 0. The van der Waals surface area contributed by atoms with E-state index in [1.165, 1.54) is 0 Å². The maximum Gasteiger partial charge on any atom is 0.310 e. The van der Waals surface area contributed by atoms with Gasteiger partial charge < -0.3 is 15.3 Å². The van der Waals surface area contributed by atoms with Crippen molar-refractivity contribution in [3.63, 3.8) is 0 Å².